The molecule has 166 valence electrons. The van der Waals surface area contributed by atoms with E-state index in [1.54, 1.807) is 12.1 Å². The van der Waals surface area contributed by atoms with Gasteiger partial charge >= 0.3 is 5.97 Å². The molecule has 32 heavy (non-hydrogen) atoms. The number of hydrogen-bond donors (Lipinski definition) is 2. The lowest BCUT2D eigenvalue weighted by Crippen LogP contribution is -2.48. The number of carboxylic acids is 1. The third-order valence-corrected chi connectivity index (χ3v) is 7.31. The summed E-state index contributed by atoms with van der Waals surface area (Å²) < 4.78 is 15.6. The summed E-state index contributed by atoms with van der Waals surface area (Å²) in [5.41, 5.74) is 4.32. The van der Waals surface area contributed by atoms with Crippen LogP contribution in [-0.4, -0.2) is 27.4 Å². The number of nitrogens with zero attached hydrogens (tertiary/aromatic N) is 1. The van der Waals surface area contributed by atoms with E-state index in [2.05, 4.69) is 9.72 Å². The summed E-state index contributed by atoms with van der Waals surface area (Å²) in [5.74, 6) is -1.09. The lowest BCUT2D eigenvalue weighted by molar-refractivity contribution is -0.136. The molecule has 6 heteroatoms. The fraction of sp³-hybridized carbons (Fsp3) is 0.385. The smallest absolute Gasteiger partial charge is 0.307 e. The SMILES string of the molecule is O=C(O)Cc1c2c(n3ccccc13)C[C@H](NC(=O)C1(c3ccc(F)cc3)CCCC1)CC2. The normalized spacial score (nSPS) is 19.6. The van der Waals surface area contributed by atoms with Crippen molar-refractivity contribution in [2.75, 3.05) is 0 Å². The van der Waals surface area contributed by atoms with Crippen LogP contribution in [0.5, 0.6) is 0 Å². The van der Waals surface area contributed by atoms with Gasteiger partial charge in [-0.1, -0.05) is 31.0 Å². The zero-order valence-electron chi connectivity index (χ0n) is 17.9. The number of pyridine rings is 1. The largest absolute Gasteiger partial charge is 0.481 e. The Morgan fingerprint density at radius 3 is 2.59 bits per heavy atom. The van der Waals surface area contributed by atoms with Crippen LogP contribution in [0.4, 0.5) is 4.39 Å². The van der Waals surface area contributed by atoms with E-state index in [1.165, 1.54) is 12.1 Å². The van der Waals surface area contributed by atoms with Crippen molar-refractivity contribution in [3.05, 3.63) is 76.9 Å². The van der Waals surface area contributed by atoms with E-state index < -0.39 is 11.4 Å². The van der Waals surface area contributed by atoms with Gasteiger partial charge in [0.05, 0.1) is 11.8 Å². The molecular weight excluding hydrogens is 407 g/mol. The summed E-state index contributed by atoms with van der Waals surface area (Å²) in [6.45, 7) is 0. The quantitative estimate of drug-likeness (QED) is 0.633. The predicted octanol–water partition coefficient (Wildman–Crippen LogP) is 4.19. The molecule has 1 saturated carbocycles. The molecule has 0 unspecified atom stereocenters. The fourth-order valence-corrected chi connectivity index (χ4v) is 5.76. The van der Waals surface area contributed by atoms with Gasteiger partial charge in [-0.05, 0) is 66.6 Å². The second-order valence-electron chi connectivity index (χ2n) is 9.14. The van der Waals surface area contributed by atoms with E-state index >= 15 is 0 Å². The number of halogens is 1. The van der Waals surface area contributed by atoms with Gasteiger partial charge < -0.3 is 14.8 Å². The van der Waals surface area contributed by atoms with Crippen molar-refractivity contribution in [3.8, 4) is 0 Å². The number of aromatic nitrogens is 1. The van der Waals surface area contributed by atoms with Gasteiger partial charge in [0.15, 0.2) is 0 Å². The van der Waals surface area contributed by atoms with Crippen LogP contribution >= 0.6 is 0 Å². The number of hydrogen-bond acceptors (Lipinski definition) is 2. The Bertz CT molecular complexity index is 1180. The van der Waals surface area contributed by atoms with Gasteiger partial charge in [0, 0.05) is 29.9 Å². The molecule has 3 aromatic rings. The standard InChI is InChI=1S/C26H27FN2O3/c27-18-8-6-17(7-9-18)26(12-2-3-13-26)25(32)28-19-10-11-20-21(16-24(30)31)22-5-1-4-14-29(22)23(20)15-19/h1,4-9,14,19H,2-3,10-13,15-16H2,(H,28,32)(H,30,31)/t19-/m1/s1. The topological polar surface area (TPSA) is 70.8 Å². The molecule has 0 saturated heterocycles. The number of amides is 1. The molecule has 1 fully saturated rings. The monoisotopic (exact) mass is 434 g/mol. The van der Waals surface area contributed by atoms with E-state index in [0.29, 0.717) is 6.42 Å². The van der Waals surface area contributed by atoms with E-state index in [0.717, 1.165) is 66.4 Å². The maximum Gasteiger partial charge on any atom is 0.307 e. The van der Waals surface area contributed by atoms with Crippen molar-refractivity contribution in [1.29, 1.82) is 0 Å². The van der Waals surface area contributed by atoms with Crippen LogP contribution in [0.2, 0.25) is 0 Å². The summed E-state index contributed by atoms with van der Waals surface area (Å²) >= 11 is 0. The van der Waals surface area contributed by atoms with Gasteiger partial charge in [0.2, 0.25) is 5.91 Å². The highest BCUT2D eigenvalue weighted by Crippen LogP contribution is 2.42. The van der Waals surface area contributed by atoms with Crippen molar-refractivity contribution < 1.29 is 19.1 Å². The number of rotatable bonds is 5. The molecule has 2 aliphatic carbocycles. The van der Waals surface area contributed by atoms with E-state index in [-0.39, 0.29) is 24.2 Å². The Morgan fingerprint density at radius 1 is 1.12 bits per heavy atom. The number of benzene rings is 1. The van der Waals surface area contributed by atoms with Crippen molar-refractivity contribution in [2.45, 2.75) is 62.8 Å². The molecule has 1 aromatic carbocycles. The Labute approximate surface area is 186 Å². The maximum absolute atomic E-state index is 13.6. The van der Waals surface area contributed by atoms with Crippen molar-refractivity contribution in [1.82, 2.24) is 9.72 Å². The molecule has 1 atom stereocenters. The van der Waals surface area contributed by atoms with Gasteiger partial charge in [0.1, 0.15) is 5.82 Å². The zero-order valence-corrected chi connectivity index (χ0v) is 17.9. The summed E-state index contributed by atoms with van der Waals surface area (Å²) in [4.78, 5) is 25.0. The number of carbonyl (C=O) groups is 2. The molecule has 5 rings (SSSR count). The summed E-state index contributed by atoms with van der Waals surface area (Å²) in [6.07, 6.45) is 7.71. The lowest BCUT2D eigenvalue weighted by Gasteiger charge is -2.32. The van der Waals surface area contributed by atoms with Crippen LogP contribution in [0.3, 0.4) is 0 Å². The molecule has 0 aliphatic heterocycles. The highest BCUT2D eigenvalue weighted by atomic mass is 19.1. The minimum Gasteiger partial charge on any atom is -0.481 e. The summed E-state index contributed by atoms with van der Waals surface area (Å²) in [5, 5.41) is 12.7. The van der Waals surface area contributed by atoms with Crippen molar-refractivity contribution in [3.63, 3.8) is 0 Å². The average molecular weight is 435 g/mol. The van der Waals surface area contributed by atoms with Gasteiger partial charge in [-0.25, -0.2) is 4.39 Å². The highest BCUT2D eigenvalue weighted by Gasteiger charge is 2.43. The third-order valence-electron chi connectivity index (χ3n) is 7.31. The Hall–Kier alpha value is -3.15. The predicted molar refractivity (Wildman–Crippen MR) is 119 cm³/mol. The molecule has 0 spiro atoms. The zero-order chi connectivity index (χ0) is 22.3. The molecule has 1 amide bonds. The van der Waals surface area contributed by atoms with Crippen molar-refractivity contribution in [2.24, 2.45) is 0 Å². The van der Waals surface area contributed by atoms with Crippen LogP contribution in [0.25, 0.3) is 5.52 Å². The molecule has 5 nitrogen and oxygen atoms in total. The number of carbonyl (C=O) groups excluding carboxylic acids is 1. The van der Waals surface area contributed by atoms with Gasteiger partial charge in [-0.2, -0.15) is 0 Å². The first-order valence-electron chi connectivity index (χ1n) is 11.4. The molecule has 2 aromatic heterocycles. The molecule has 2 aliphatic rings. The molecule has 0 radical (unpaired) electrons. The third kappa shape index (κ3) is 3.48. The van der Waals surface area contributed by atoms with Gasteiger partial charge in [-0.3, -0.25) is 9.59 Å². The minimum atomic E-state index is -0.831. The van der Waals surface area contributed by atoms with Gasteiger partial charge in [-0.15, -0.1) is 0 Å². The summed E-state index contributed by atoms with van der Waals surface area (Å²) in [7, 11) is 0. The average Bonchev–Trinajstić information content (AvgIpc) is 3.39. The fourth-order valence-electron chi connectivity index (χ4n) is 5.76. The highest BCUT2D eigenvalue weighted by molar-refractivity contribution is 5.89. The lowest BCUT2D eigenvalue weighted by atomic mass is 9.77. The maximum atomic E-state index is 13.6. The number of aliphatic carboxylic acids is 1. The molecule has 2 heterocycles. The van der Waals surface area contributed by atoms with Gasteiger partial charge in [0.25, 0.3) is 0 Å². The Morgan fingerprint density at radius 2 is 1.88 bits per heavy atom. The Kier molecular flexibility index (Phi) is 5.24. The Balaban J connectivity index is 1.42. The van der Waals surface area contributed by atoms with Crippen LogP contribution in [-0.2, 0) is 34.3 Å². The summed E-state index contributed by atoms with van der Waals surface area (Å²) in [6, 6.07) is 12.2. The van der Waals surface area contributed by atoms with Crippen LogP contribution in [0.1, 0.15) is 54.5 Å². The first-order valence-corrected chi connectivity index (χ1v) is 11.4. The molecule has 2 N–H and O–H groups in total. The molecule has 0 bridgehead atoms. The number of carboxylic acid groups (broad SMARTS) is 1. The van der Waals surface area contributed by atoms with E-state index in [1.807, 2.05) is 24.4 Å². The minimum absolute atomic E-state index is 0.00749. The second kappa shape index (κ2) is 8.08. The second-order valence-corrected chi connectivity index (χ2v) is 9.14. The van der Waals surface area contributed by atoms with Crippen LogP contribution in [0, 0.1) is 5.82 Å². The number of fused-ring (bicyclic) bond motifs is 3. The van der Waals surface area contributed by atoms with Crippen LogP contribution < -0.4 is 5.32 Å². The van der Waals surface area contributed by atoms with Crippen LogP contribution in [0.15, 0.2) is 48.7 Å². The van der Waals surface area contributed by atoms with Crippen molar-refractivity contribution >= 4 is 17.4 Å². The molecular formula is C26H27FN2O3. The van der Waals surface area contributed by atoms with E-state index in [4.69, 9.17) is 0 Å². The van der Waals surface area contributed by atoms with E-state index in [9.17, 15) is 19.1 Å². The first kappa shape index (κ1) is 20.7. The first-order chi connectivity index (χ1) is 15.5. The number of nitrogens with one attached hydrogen (secondary N) is 1.